The minimum Gasteiger partial charge on any atom is -0.497 e. The molecular weight excluding hydrogens is 474 g/mol. The third-order valence-corrected chi connectivity index (χ3v) is 7.46. The van der Waals surface area contributed by atoms with Crippen molar-refractivity contribution in [2.45, 2.75) is 32.5 Å². The van der Waals surface area contributed by atoms with E-state index >= 15 is 0 Å². The predicted octanol–water partition coefficient (Wildman–Crippen LogP) is 5.35. The maximum Gasteiger partial charge on any atom is 0.119 e. The van der Waals surface area contributed by atoms with Gasteiger partial charge in [-0.05, 0) is 65.9 Å². The number of hydrogen-bond donors (Lipinski definition) is 0. The number of hydrogen-bond acceptors (Lipinski definition) is 6. The van der Waals surface area contributed by atoms with Crippen LogP contribution in [0.1, 0.15) is 29.5 Å². The van der Waals surface area contributed by atoms with E-state index in [1.165, 1.54) is 40.9 Å². The monoisotopic (exact) mass is 515 g/mol. The summed E-state index contributed by atoms with van der Waals surface area (Å²) in [5.41, 5.74) is 6.29. The zero-order valence-corrected chi connectivity index (χ0v) is 22.7. The van der Waals surface area contributed by atoms with Gasteiger partial charge >= 0.3 is 0 Å². The molecule has 0 aromatic heterocycles. The molecule has 0 atom stereocenters. The number of morpholine rings is 1. The van der Waals surface area contributed by atoms with Gasteiger partial charge in [0.25, 0.3) is 0 Å². The molecule has 0 aliphatic carbocycles. The van der Waals surface area contributed by atoms with Gasteiger partial charge in [0, 0.05) is 57.2 Å². The largest absolute Gasteiger partial charge is 0.497 e. The minimum absolute atomic E-state index is 0.621. The Morgan fingerprint density at radius 2 is 1.50 bits per heavy atom. The quantitative estimate of drug-likeness (QED) is 0.303. The van der Waals surface area contributed by atoms with Crippen LogP contribution in [0.15, 0.2) is 72.8 Å². The summed E-state index contributed by atoms with van der Waals surface area (Å²) in [6, 6.07) is 26.2. The van der Waals surface area contributed by atoms with Gasteiger partial charge < -0.3 is 24.0 Å². The predicted molar refractivity (Wildman–Crippen MR) is 154 cm³/mol. The van der Waals surface area contributed by atoms with Gasteiger partial charge in [0.15, 0.2) is 0 Å². The van der Waals surface area contributed by atoms with Crippen molar-refractivity contribution < 1.29 is 14.2 Å². The van der Waals surface area contributed by atoms with Crippen LogP contribution in [0.5, 0.6) is 5.75 Å². The number of methoxy groups -OCH3 is 1. The first-order valence-electron chi connectivity index (χ1n) is 14.0. The van der Waals surface area contributed by atoms with Crippen LogP contribution in [-0.2, 0) is 29.2 Å². The second-order valence-corrected chi connectivity index (χ2v) is 10.2. The first-order valence-corrected chi connectivity index (χ1v) is 14.0. The topological polar surface area (TPSA) is 37.4 Å². The van der Waals surface area contributed by atoms with Crippen molar-refractivity contribution in [3.63, 3.8) is 0 Å². The van der Waals surface area contributed by atoms with Crippen LogP contribution >= 0.6 is 0 Å². The summed E-state index contributed by atoms with van der Waals surface area (Å²) in [5, 5.41) is 0. The van der Waals surface area contributed by atoms with E-state index in [0.717, 1.165) is 71.4 Å². The summed E-state index contributed by atoms with van der Waals surface area (Å²) >= 11 is 0. The maximum absolute atomic E-state index is 6.07. The smallest absolute Gasteiger partial charge is 0.119 e. The Hall–Kier alpha value is -3.06. The molecule has 2 aliphatic rings. The molecule has 0 bridgehead atoms. The van der Waals surface area contributed by atoms with E-state index in [-0.39, 0.29) is 0 Å². The van der Waals surface area contributed by atoms with E-state index in [2.05, 4.69) is 81.4 Å². The van der Waals surface area contributed by atoms with Gasteiger partial charge in [-0.25, -0.2) is 0 Å². The lowest BCUT2D eigenvalue weighted by molar-refractivity contribution is 0.0180. The lowest BCUT2D eigenvalue weighted by atomic mass is 10.1. The van der Waals surface area contributed by atoms with Crippen molar-refractivity contribution in [2.24, 2.45) is 0 Å². The first-order chi connectivity index (χ1) is 18.8. The Morgan fingerprint density at radius 1 is 0.789 bits per heavy atom. The van der Waals surface area contributed by atoms with Crippen LogP contribution in [0.3, 0.4) is 0 Å². The fourth-order valence-electron chi connectivity index (χ4n) is 5.33. The average Bonchev–Trinajstić information content (AvgIpc) is 3.51. The molecule has 0 spiro atoms. The Bertz CT molecular complexity index is 1140. The van der Waals surface area contributed by atoms with Crippen LogP contribution in [-0.4, -0.2) is 64.6 Å². The molecule has 202 valence electrons. The van der Waals surface area contributed by atoms with E-state index in [1.54, 1.807) is 7.11 Å². The van der Waals surface area contributed by atoms with Crippen molar-refractivity contribution in [3.05, 3.63) is 89.5 Å². The standard InChI is InChI=1S/C32H41N3O3/c1-36-32-12-6-8-28(23-32)25-35(24-27-7-4-10-30(21-27)34-13-2-3-14-34)31-11-5-9-29(22-31)26-38-20-17-33-15-18-37-19-16-33/h4-12,21-23H,2-3,13-20,24-26H2,1H3. The van der Waals surface area contributed by atoms with Crippen molar-refractivity contribution in [2.75, 3.05) is 69.5 Å². The van der Waals surface area contributed by atoms with Gasteiger partial charge in [0.2, 0.25) is 0 Å². The van der Waals surface area contributed by atoms with Crippen LogP contribution in [0.25, 0.3) is 0 Å². The second-order valence-electron chi connectivity index (χ2n) is 10.2. The molecule has 0 unspecified atom stereocenters. The molecule has 2 saturated heterocycles. The fraction of sp³-hybridized carbons (Fsp3) is 0.438. The highest BCUT2D eigenvalue weighted by Crippen LogP contribution is 2.26. The number of ether oxygens (including phenoxy) is 3. The summed E-state index contributed by atoms with van der Waals surface area (Å²) in [7, 11) is 1.73. The van der Waals surface area contributed by atoms with Crippen LogP contribution in [0, 0.1) is 0 Å². The number of nitrogens with zero attached hydrogens (tertiary/aromatic N) is 3. The Labute approximate surface area is 227 Å². The van der Waals surface area contributed by atoms with Gasteiger partial charge in [-0.3, -0.25) is 4.90 Å². The zero-order valence-electron chi connectivity index (χ0n) is 22.7. The lowest BCUT2D eigenvalue weighted by Crippen LogP contribution is -2.38. The molecule has 0 N–H and O–H groups in total. The highest BCUT2D eigenvalue weighted by molar-refractivity contribution is 5.53. The summed E-state index contributed by atoms with van der Waals surface area (Å²) in [4.78, 5) is 7.37. The van der Waals surface area contributed by atoms with Crippen LogP contribution in [0.4, 0.5) is 11.4 Å². The first kappa shape index (κ1) is 26.5. The van der Waals surface area contributed by atoms with Crippen LogP contribution < -0.4 is 14.5 Å². The normalized spacial score (nSPS) is 16.1. The summed E-state index contributed by atoms with van der Waals surface area (Å²) in [6.07, 6.45) is 2.57. The molecular formula is C32H41N3O3. The minimum atomic E-state index is 0.621. The van der Waals surface area contributed by atoms with E-state index in [1.807, 2.05) is 6.07 Å². The van der Waals surface area contributed by atoms with Crippen molar-refractivity contribution in [1.82, 2.24) is 4.90 Å². The third kappa shape index (κ3) is 7.50. The Kier molecular flexibility index (Phi) is 9.54. The summed E-state index contributed by atoms with van der Waals surface area (Å²) in [6.45, 7) is 9.91. The van der Waals surface area contributed by atoms with Gasteiger partial charge in [-0.1, -0.05) is 36.4 Å². The Morgan fingerprint density at radius 3 is 2.29 bits per heavy atom. The van der Waals surface area contributed by atoms with Gasteiger partial charge in [-0.2, -0.15) is 0 Å². The number of anilines is 2. The molecule has 3 aromatic rings. The van der Waals surface area contributed by atoms with Crippen molar-refractivity contribution >= 4 is 11.4 Å². The fourth-order valence-corrected chi connectivity index (χ4v) is 5.33. The number of rotatable bonds is 12. The van der Waals surface area contributed by atoms with Crippen LogP contribution in [0.2, 0.25) is 0 Å². The molecule has 2 fully saturated rings. The van der Waals surface area contributed by atoms with Crippen molar-refractivity contribution in [1.29, 1.82) is 0 Å². The second kappa shape index (κ2) is 13.7. The zero-order chi connectivity index (χ0) is 26.0. The molecule has 2 heterocycles. The summed E-state index contributed by atoms with van der Waals surface area (Å²) in [5.74, 6) is 0.890. The molecule has 6 heteroatoms. The molecule has 6 nitrogen and oxygen atoms in total. The summed E-state index contributed by atoms with van der Waals surface area (Å²) < 4.78 is 17.0. The molecule has 38 heavy (non-hydrogen) atoms. The van der Waals surface area contributed by atoms with E-state index in [9.17, 15) is 0 Å². The van der Waals surface area contributed by atoms with E-state index in [0.29, 0.717) is 6.61 Å². The number of benzene rings is 3. The molecule has 2 aliphatic heterocycles. The molecule has 3 aromatic carbocycles. The molecule has 5 rings (SSSR count). The molecule has 0 radical (unpaired) electrons. The highest BCUT2D eigenvalue weighted by atomic mass is 16.5. The maximum atomic E-state index is 6.07. The van der Waals surface area contributed by atoms with Crippen molar-refractivity contribution in [3.8, 4) is 5.75 Å². The molecule has 0 saturated carbocycles. The molecule has 0 amide bonds. The van der Waals surface area contributed by atoms with E-state index in [4.69, 9.17) is 14.2 Å². The van der Waals surface area contributed by atoms with E-state index < -0.39 is 0 Å². The average molecular weight is 516 g/mol. The highest BCUT2D eigenvalue weighted by Gasteiger charge is 2.15. The van der Waals surface area contributed by atoms with Gasteiger partial charge in [-0.15, -0.1) is 0 Å². The third-order valence-electron chi connectivity index (χ3n) is 7.46. The lowest BCUT2D eigenvalue weighted by Gasteiger charge is -2.27. The van der Waals surface area contributed by atoms with Gasteiger partial charge in [0.1, 0.15) is 5.75 Å². The van der Waals surface area contributed by atoms with Gasteiger partial charge in [0.05, 0.1) is 33.5 Å². The Balaban J connectivity index is 1.29. The SMILES string of the molecule is COc1cccc(CN(Cc2cccc(N3CCCC3)c2)c2cccc(COCCN3CCOCC3)c2)c1.